The lowest BCUT2D eigenvalue weighted by Crippen LogP contribution is -2.11. The molecule has 1 unspecified atom stereocenters. The van der Waals surface area contributed by atoms with E-state index in [9.17, 15) is 4.79 Å². The second-order valence-electron chi connectivity index (χ2n) is 5.01. The molecule has 21 heavy (non-hydrogen) atoms. The zero-order chi connectivity index (χ0) is 15.5. The molecule has 0 aromatic carbocycles. The van der Waals surface area contributed by atoms with Gasteiger partial charge in [0.05, 0.1) is 19.0 Å². The molecule has 1 aromatic rings. The maximum Gasteiger partial charge on any atom is 0.303 e. The molecule has 0 saturated carbocycles. The van der Waals surface area contributed by atoms with E-state index in [4.69, 9.17) is 9.84 Å². The minimum Gasteiger partial charge on any atom is -0.481 e. The van der Waals surface area contributed by atoms with E-state index in [0.717, 1.165) is 32.2 Å². The van der Waals surface area contributed by atoms with E-state index < -0.39 is 5.97 Å². The normalized spacial score (nSPS) is 11.9. The number of aliphatic carboxylic acids is 1. The average Bonchev–Trinajstić information content (AvgIpc) is 2.49. The lowest BCUT2D eigenvalue weighted by Gasteiger charge is -2.14. The first-order valence-corrected chi connectivity index (χ1v) is 7.56. The molecule has 0 amide bonds. The summed E-state index contributed by atoms with van der Waals surface area (Å²) in [5.74, 6) is 0.908. The van der Waals surface area contributed by atoms with Crippen LogP contribution in [0.25, 0.3) is 0 Å². The molecule has 0 aliphatic carbocycles. The lowest BCUT2D eigenvalue weighted by molar-refractivity contribution is -0.137. The number of aromatic nitrogens is 2. The van der Waals surface area contributed by atoms with Crippen molar-refractivity contribution in [3.8, 4) is 5.88 Å². The van der Waals surface area contributed by atoms with Gasteiger partial charge in [-0.25, -0.2) is 0 Å². The van der Waals surface area contributed by atoms with Gasteiger partial charge in [-0.3, -0.25) is 9.78 Å². The molecule has 6 heteroatoms. The third-order valence-electron chi connectivity index (χ3n) is 3.27. The SMILES string of the molecule is CCCOc1cncc(NCCC(CC)CCC(=O)O)n1. The van der Waals surface area contributed by atoms with Gasteiger partial charge in [0.25, 0.3) is 0 Å². The number of nitrogens with one attached hydrogen (secondary N) is 1. The van der Waals surface area contributed by atoms with Gasteiger partial charge in [0.15, 0.2) is 0 Å². The number of nitrogens with zero attached hydrogens (tertiary/aromatic N) is 2. The first kappa shape index (κ1) is 17.2. The van der Waals surface area contributed by atoms with Crippen LogP contribution in [0.3, 0.4) is 0 Å². The standard InChI is InChI=1S/C15H25N3O3/c1-3-9-21-14-11-16-10-13(18-14)17-8-7-12(4-2)5-6-15(19)20/h10-12H,3-9H2,1-2H3,(H,17,18)(H,19,20). The number of carbonyl (C=O) groups is 1. The molecule has 0 radical (unpaired) electrons. The van der Waals surface area contributed by atoms with Crippen LogP contribution in [0.5, 0.6) is 5.88 Å². The van der Waals surface area contributed by atoms with Gasteiger partial charge in [-0.15, -0.1) is 0 Å². The summed E-state index contributed by atoms with van der Waals surface area (Å²) in [7, 11) is 0. The molecular weight excluding hydrogens is 270 g/mol. The molecule has 0 bridgehead atoms. The van der Waals surface area contributed by atoms with Crippen LogP contribution in [0.1, 0.15) is 46.0 Å². The molecular formula is C15H25N3O3. The predicted molar refractivity (Wildman–Crippen MR) is 81.6 cm³/mol. The van der Waals surface area contributed by atoms with E-state index >= 15 is 0 Å². The fourth-order valence-corrected chi connectivity index (χ4v) is 1.99. The summed E-state index contributed by atoms with van der Waals surface area (Å²) < 4.78 is 5.43. The highest BCUT2D eigenvalue weighted by atomic mass is 16.5. The molecule has 1 rings (SSSR count). The maximum atomic E-state index is 10.6. The van der Waals surface area contributed by atoms with Crippen molar-refractivity contribution < 1.29 is 14.6 Å². The number of rotatable bonds is 11. The first-order chi connectivity index (χ1) is 10.2. The van der Waals surface area contributed by atoms with Crippen LogP contribution >= 0.6 is 0 Å². The van der Waals surface area contributed by atoms with Crippen LogP contribution in [0, 0.1) is 5.92 Å². The van der Waals surface area contributed by atoms with Crippen LogP contribution < -0.4 is 10.1 Å². The van der Waals surface area contributed by atoms with E-state index in [1.807, 2.05) is 6.92 Å². The van der Waals surface area contributed by atoms with E-state index in [1.165, 1.54) is 0 Å². The Kier molecular flexibility index (Phi) is 8.16. The summed E-state index contributed by atoms with van der Waals surface area (Å²) in [5.41, 5.74) is 0. The van der Waals surface area contributed by atoms with Gasteiger partial charge in [-0.1, -0.05) is 20.3 Å². The van der Waals surface area contributed by atoms with E-state index in [-0.39, 0.29) is 6.42 Å². The number of hydrogen-bond acceptors (Lipinski definition) is 5. The smallest absolute Gasteiger partial charge is 0.303 e. The van der Waals surface area contributed by atoms with Gasteiger partial charge in [-0.2, -0.15) is 4.98 Å². The zero-order valence-corrected chi connectivity index (χ0v) is 12.8. The molecule has 0 aliphatic rings. The van der Waals surface area contributed by atoms with Crippen molar-refractivity contribution in [2.75, 3.05) is 18.5 Å². The van der Waals surface area contributed by atoms with Crippen LogP contribution in [0.15, 0.2) is 12.4 Å². The summed E-state index contributed by atoms with van der Waals surface area (Å²) in [6, 6.07) is 0. The topological polar surface area (TPSA) is 84.3 Å². The van der Waals surface area contributed by atoms with Gasteiger partial charge in [0.2, 0.25) is 5.88 Å². The zero-order valence-electron chi connectivity index (χ0n) is 12.8. The van der Waals surface area contributed by atoms with E-state index in [0.29, 0.717) is 24.2 Å². The Hall–Kier alpha value is -1.85. The van der Waals surface area contributed by atoms with Gasteiger partial charge in [-0.05, 0) is 25.2 Å². The summed E-state index contributed by atoms with van der Waals surface area (Å²) >= 11 is 0. The van der Waals surface area contributed by atoms with Crippen molar-refractivity contribution in [3.05, 3.63) is 12.4 Å². The van der Waals surface area contributed by atoms with E-state index in [2.05, 4.69) is 22.2 Å². The predicted octanol–water partition coefficient (Wildman–Crippen LogP) is 2.96. The molecule has 118 valence electrons. The Morgan fingerprint density at radius 2 is 2.19 bits per heavy atom. The first-order valence-electron chi connectivity index (χ1n) is 7.56. The Morgan fingerprint density at radius 3 is 2.86 bits per heavy atom. The fourth-order valence-electron chi connectivity index (χ4n) is 1.99. The van der Waals surface area contributed by atoms with Crippen LogP contribution in [-0.2, 0) is 4.79 Å². The lowest BCUT2D eigenvalue weighted by atomic mass is 9.97. The van der Waals surface area contributed by atoms with Gasteiger partial charge < -0.3 is 15.2 Å². The van der Waals surface area contributed by atoms with Crippen LogP contribution in [0.2, 0.25) is 0 Å². The van der Waals surface area contributed by atoms with Gasteiger partial charge >= 0.3 is 5.97 Å². The van der Waals surface area contributed by atoms with Crippen molar-refractivity contribution in [3.63, 3.8) is 0 Å². The Labute approximate surface area is 126 Å². The van der Waals surface area contributed by atoms with E-state index in [1.54, 1.807) is 12.4 Å². The Morgan fingerprint density at radius 1 is 1.38 bits per heavy atom. The average molecular weight is 295 g/mol. The number of ether oxygens (including phenoxy) is 1. The molecule has 6 nitrogen and oxygen atoms in total. The third-order valence-corrected chi connectivity index (χ3v) is 3.27. The molecule has 0 saturated heterocycles. The van der Waals surface area contributed by atoms with Crippen LogP contribution in [-0.4, -0.2) is 34.2 Å². The molecule has 0 fully saturated rings. The number of hydrogen-bond donors (Lipinski definition) is 2. The summed E-state index contributed by atoms with van der Waals surface area (Å²) in [4.78, 5) is 19.0. The number of carboxylic acids is 1. The quantitative estimate of drug-likeness (QED) is 0.653. The molecule has 0 aliphatic heterocycles. The van der Waals surface area contributed by atoms with Crippen molar-refractivity contribution in [1.82, 2.24) is 9.97 Å². The summed E-state index contributed by atoms with van der Waals surface area (Å²) in [6.45, 7) is 5.51. The van der Waals surface area contributed by atoms with Gasteiger partial charge in [0.1, 0.15) is 5.82 Å². The van der Waals surface area contributed by atoms with Crippen molar-refractivity contribution in [2.45, 2.75) is 46.0 Å². The number of anilines is 1. The fraction of sp³-hybridized carbons (Fsp3) is 0.667. The molecule has 1 atom stereocenters. The molecule has 2 N–H and O–H groups in total. The summed E-state index contributed by atoms with van der Waals surface area (Å²) in [6.07, 6.45) is 7.06. The highest BCUT2D eigenvalue weighted by molar-refractivity contribution is 5.66. The van der Waals surface area contributed by atoms with Crippen molar-refractivity contribution in [1.29, 1.82) is 0 Å². The molecule has 1 aromatic heterocycles. The molecule has 0 spiro atoms. The highest BCUT2D eigenvalue weighted by Crippen LogP contribution is 2.16. The monoisotopic (exact) mass is 295 g/mol. The summed E-state index contributed by atoms with van der Waals surface area (Å²) in [5, 5.41) is 11.9. The van der Waals surface area contributed by atoms with Crippen LogP contribution in [0.4, 0.5) is 5.82 Å². The second-order valence-corrected chi connectivity index (χ2v) is 5.01. The highest BCUT2D eigenvalue weighted by Gasteiger charge is 2.09. The minimum atomic E-state index is -0.729. The second kappa shape index (κ2) is 9.96. The number of carboxylic acid groups (broad SMARTS) is 1. The third kappa shape index (κ3) is 7.48. The van der Waals surface area contributed by atoms with Gasteiger partial charge in [0, 0.05) is 13.0 Å². The largest absolute Gasteiger partial charge is 0.481 e. The Bertz CT molecular complexity index is 426. The minimum absolute atomic E-state index is 0.235. The molecule has 1 heterocycles. The van der Waals surface area contributed by atoms with Crippen molar-refractivity contribution in [2.24, 2.45) is 5.92 Å². The maximum absolute atomic E-state index is 10.6. The van der Waals surface area contributed by atoms with Crippen molar-refractivity contribution >= 4 is 11.8 Å². The Balaban J connectivity index is 2.34.